The van der Waals surface area contributed by atoms with Crippen molar-refractivity contribution in [1.29, 1.82) is 0 Å². The average molecular weight is 291 g/mol. The second-order valence-electron chi connectivity index (χ2n) is 4.39. The molecule has 0 unspecified atom stereocenters. The van der Waals surface area contributed by atoms with E-state index in [1.165, 1.54) is 11.3 Å². The molecule has 0 spiro atoms. The maximum atomic E-state index is 11.9. The summed E-state index contributed by atoms with van der Waals surface area (Å²) in [5, 5.41) is 1.78. The highest BCUT2D eigenvalue weighted by molar-refractivity contribution is 7.91. The second-order valence-corrected chi connectivity index (χ2v) is 7.29. The van der Waals surface area contributed by atoms with Crippen molar-refractivity contribution in [3.63, 3.8) is 0 Å². The smallest absolute Gasteiger partial charge is 0.250 e. The Bertz CT molecular complexity index is 455. The number of rotatable bonds is 8. The molecule has 7 heteroatoms. The molecule has 0 aliphatic heterocycles. The zero-order valence-corrected chi connectivity index (χ0v) is 12.5. The van der Waals surface area contributed by atoms with E-state index in [0.717, 1.165) is 24.9 Å². The van der Waals surface area contributed by atoms with Crippen molar-refractivity contribution in [3.05, 3.63) is 17.0 Å². The van der Waals surface area contributed by atoms with Crippen LogP contribution in [0.15, 0.2) is 15.7 Å². The summed E-state index contributed by atoms with van der Waals surface area (Å²) in [7, 11) is 0.657. The SMILES string of the molecule is CN(C)CCCCNS(=O)(=O)c1cc(CN)cs1. The van der Waals surface area contributed by atoms with Crippen LogP contribution in [0.4, 0.5) is 0 Å². The molecule has 18 heavy (non-hydrogen) atoms. The van der Waals surface area contributed by atoms with Crippen molar-refractivity contribution in [2.24, 2.45) is 5.73 Å². The molecule has 0 bridgehead atoms. The Hall–Kier alpha value is -0.470. The zero-order valence-electron chi connectivity index (χ0n) is 10.8. The summed E-state index contributed by atoms with van der Waals surface area (Å²) in [6.07, 6.45) is 1.82. The fraction of sp³-hybridized carbons (Fsp3) is 0.636. The topological polar surface area (TPSA) is 75.4 Å². The molecule has 0 atom stereocenters. The van der Waals surface area contributed by atoms with Crippen molar-refractivity contribution in [3.8, 4) is 0 Å². The number of nitrogens with one attached hydrogen (secondary N) is 1. The van der Waals surface area contributed by atoms with Crippen molar-refractivity contribution in [1.82, 2.24) is 9.62 Å². The first-order valence-electron chi connectivity index (χ1n) is 5.87. The minimum atomic E-state index is -3.35. The van der Waals surface area contributed by atoms with Gasteiger partial charge in [-0.15, -0.1) is 11.3 Å². The lowest BCUT2D eigenvalue weighted by molar-refractivity contribution is 0.394. The van der Waals surface area contributed by atoms with Gasteiger partial charge in [0.1, 0.15) is 4.21 Å². The van der Waals surface area contributed by atoms with Crippen LogP contribution < -0.4 is 10.5 Å². The second kappa shape index (κ2) is 7.20. The van der Waals surface area contributed by atoms with Gasteiger partial charge in [-0.1, -0.05) is 0 Å². The van der Waals surface area contributed by atoms with Crippen LogP contribution in [0.3, 0.4) is 0 Å². The maximum absolute atomic E-state index is 11.9. The van der Waals surface area contributed by atoms with Crippen LogP contribution in [-0.4, -0.2) is 40.5 Å². The molecule has 5 nitrogen and oxygen atoms in total. The van der Waals surface area contributed by atoms with E-state index in [-0.39, 0.29) is 0 Å². The van der Waals surface area contributed by atoms with E-state index in [4.69, 9.17) is 5.73 Å². The van der Waals surface area contributed by atoms with E-state index in [9.17, 15) is 8.42 Å². The standard InChI is InChI=1S/C11H21N3O2S2/c1-14(2)6-4-3-5-13-18(15,16)11-7-10(8-12)9-17-11/h7,9,13H,3-6,8,12H2,1-2H3. The quantitative estimate of drug-likeness (QED) is 0.696. The van der Waals surface area contributed by atoms with E-state index in [1.54, 1.807) is 11.4 Å². The van der Waals surface area contributed by atoms with Gasteiger partial charge < -0.3 is 10.6 Å². The first-order chi connectivity index (χ1) is 8.45. The lowest BCUT2D eigenvalue weighted by Crippen LogP contribution is -2.25. The molecule has 1 aromatic rings. The molecule has 104 valence electrons. The summed E-state index contributed by atoms with van der Waals surface area (Å²) in [5.41, 5.74) is 6.32. The summed E-state index contributed by atoms with van der Waals surface area (Å²) in [6.45, 7) is 1.82. The summed E-state index contributed by atoms with van der Waals surface area (Å²) in [4.78, 5) is 2.08. The minimum Gasteiger partial charge on any atom is -0.326 e. The highest BCUT2D eigenvalue weighted by Gasteiger charge is 2.15. The number of thiophene rings is 1. The third kappa shape index (κ3) is 5.03. The summed E-state index contributed by atoms with van der Waals surface area (Å²) >= 11 is 1.21. The van der Waals surface area contributed by atoms with Gasteiger partial charge in [-0.25, -0.2) is 13.1 Å². The third-order valence-electron chi connectivity index (χ3n) is 2.45. The Morgan fingerprint density at radius 3 is 2.67 bits per heavy atom. The monoisotopic (exact) mass is 291 g/mol. The van der Waals surface area contributed by atoms with Gasteiger partial charge in [-0.05, 0) is 50.5 Å². The Labute approximate surface area is 113 Å². The van der Waals surface area contributed by atoms with Crippen LogP contribution in [0, 0.1) is 0 Å². The molecule has 1 rings (SSSR count). The predicted molar refractivity (Wildman–Crippen MR) is 75.2 cm³/mol. The fourth-order valence-corrected chi connectivity index (χ4v) is 3.77. The molecule has 3 N–H and O–H groups in total. The number of unbranched alkanes of at least 4 members (excludes halogenated alkanes) is 1. The zero-order chi connectivity index (χ0) is 13.6. The first kappa shape index (κ1) is 15.6. The van der Waals surface area contributed by atoms with Gasteiger partial charge in [-0.2, -0.15) is 0 Å². The number of hydrogen-bond donors (Lipinski definition) is 2. The molecule has 0 saturated heterocycles. The molecule has 0 radical (unpaired) electrons. The molecule has 0 aliphatic rings. The highest BCUT2D eigenvalue weighted by Crippen LogP contribution is 2.19. The van der Waals surface area contributed by atoms with E-state index in [2.05, 4.69) is 9.62 Å². The molecule has 0 saturated carbocycles. The van der Waals surface area contributed by atoms with Gasteiger partial charge in [0.05, 0.1) is 0 Å². The van der Waals surface area contributed by atoms with E-state index in [0.29, 0.717) is 17.3 Å². The van der Waals surface area contributed by atoms with Crippen molar-refractivity contribution in [2.75, 3.05) is 27.2 Å². The summed E-state index contributed by atoms with van der Waals surface area (Å²) in [6, 6.07) is 1.63. The normalized spacial score (nSPS) is 12.2. The van der Waals surface area contributed by atoms with Crippen LogP contribution in [0.2, 0.25) is 0 Å². The van der Waals surface area contributed by atoms with Crippen LogP contribution in [0.5, 0.6) is 0 Å². The maximum Gasteiger partial charge on any atom is 0.250 e. The van der Waals surface area contributed by atoms with E-state index in [1.807, 2.05) is 14.1 Å². The molecular formula is C11H21N3O2S2. The largest absolute Gasteiger partial charge is 0.326 e. The summed E-state index contributed by atoms with van der Waals surface area (Å²) < 4.78 is 26.8. The number of nitrogens with zero attached hydrogens (tertiary/aromatic N) is 1. The van der Waals surface area contributed by atoms with E-state index >= 15 is 0 Å². The van der Waals surface area contributed by atoms with Crippen LogP contribution >= 0.6 is 11.3 Å². The third-order valence-corrected chi connectivity index (χ3v) is 5.40. The predicted octanol–water partition coefficient (Wildman–Crippen LogP) is 0.827. The van der Waals surface area contributed by atoms with Crippen LogP contribution in [0.1, 0.15) is 18.4 Å². The average Bonchev–Trinajstić information content (AvgIpc) is 2.77. The molecule has 0 amide bonds. The van der Waals surface area contributed by atoms with Crippen LogP contribution in [-0.2, 0) is 16.6 Å². The molecule has 0 aromatic carbocycles. The lowest BCUT2D eigenvalue weighted by Gasteiger charge is -2.09. The van der Waals surface area contributed by atoms with Crippen molar-refractivity contribution >= 4 is 21.4 Å². The number of nitrogens with two attached hydrogens (primary N) is 1. The van der Waals surface area contributed by atoms with Gasteiger partial charge in [0.2, 0.25) is 10.0 Å². The van der Waals surface area contributed by atoms with Gasteiger partial charge in [0.25, 0.3) is 0 Å². The van der Waals surface area contributed by atoms with Crippen molar-refractivity contribution < 1.29 is 8.42 Å². The molecule has 0 aliphatic carbocycles. The highest BCUT2D eigenvalue weighted by atomic mass is 32.2. The summed E-state index contributed by atoms with van der Waals surface area (Å²) in [5.74, 6) is 0. The van der Waals surface area contributed by atoms with Crippen molar-refractivity contribution in [2.45, 2.75) is 23.6 Å². The van der Waals surface area contributed by atoms with Gasteiger partial charge >= 0.3 is 0 Å². The number of sulfonamides is 1. The molecule has 1 aromatic heterocycles. The van der Waals surface area contributed by atoms with Gasteiger partial charge in [0, 0.05) is 13.1 Å². The van der Waals surface area contributed by atoms with E-state index < -0.39 is 10.0 Å². The molecular weight excluding hydrogens is 270 g/mol. The lowest BCUT2D eigenvalue weighted by atomic mass is 10.3. The fourth-order valence-electron chi connectivity index (χ4n) is 1.43. The van der Waals surface area contributed by atoms with Gasteiger partial charge in [-0.3, -0.25) is 0 Å². The molecule has 1 heterocycles. The minimum absolute atomic E-state index is 0.343. The number of hydrogen-bond acceptors (Lipinski definition) is 5. The Morgan fingerprint density at radius 2 is 2.11 bits per heavy atom. The Morgan fingerprint density at radius 1 is 1.39 bits per heavy atom. The molecule has 0 fully saturated rings. The Balaban J connectivity index is 2.40. The van der Waals surface area contributed by atoms with Gasteiger partial charge in [0.15, 0.2) is 0 Å². The van der Waals surface area contributed by atoms with Crippen LogP contribution in [0.25, 0.3) is 0 Å². The first-order valence-corrected chi connectivity index (χ1v) is 8.24. The Kier molecular flexibility index (Phi) is 6.24.